The lowest BCUT2D eigenvalue weighted by atomic mass is 9.79. The predicted octanol–water partition coefficient (Wildman–Crippen LogP) is 4.25. The van der Waals surface area contributed by atoms with Gasteiger partial charge in [0.1, 0.15) is 0 Å². The molecule has 0 heteroatoms. The van der Waals surface area contributed by atoms with E-state index in [1.54, 1.807) is 5.57 Å². The van der Waals surface area contributed by atoms with Gasteiger partial charge < -0.3 is 0 Å². The van der Waals surface area contributed by atoms with Crippen molar-refractivity contribution < 1.29 is 0 Å². The topological polar surface area (TPSA) is 0 Å². The smallest absolute Gasteiger partial charge is 0.0158 e. The van der Waals surface area contributed by atoms with Gasteiger partial charge in [-0.25, -0.2) is 0 Å². The first-order chi connectivity index (χ1) is 7.53. The first-order valence-corrected chi connectivity index (χ1v) is 6.07. The van der Waals surface area contributed by atoms with Gasteiger partial charge in [0.15, 0.2) is 0 Å². The van der Waals surface area contributed by atoms with Crippen LogP contribution in [0.3, 0.4) is 0 Å². The van der Waals surface area contributed by atoms with Crippen LogP contribution in [-0.4, -0.2) is 0 Å². The summed E-state index contributed by atoms with van der Waals surface area (Å²) >= 11 is 0. The maximum atomic E-state index is 2.35. The van der Waals surface area contributed by atoms with Crippen LogP contribution >= 0.6 is 0 Å². The zero-order valence-corrected chi connectivity index (χ0v) is 10.5. The maximum absolute atomic E-state index is 2.35. The van der Waals surface area contributed by atoms with E-state index in [1.807, 2.05) is 0 Å². The Morgan fingerprint density at radius 3 is 2.69 bits per heavy atom. The van der Waals surface area contributed by atoms with Crippen LogP contribution in [0.1, 0.15) is 37.5 Å². The lowest BCUT2D eigenvalue weighted by molar-refractivity contribution is 0.650. The van der Waals surface area contributed by atoms with Crippen molar-refractivity contribution >= 4 is 5.57 Å². The fraction of sp³-hybridized carbons (Fsp3) is 0.375. The van der Waals surface area contributed by atoms with Gasteiger partial charge in [0.25, 0.3) is 0 Å². The van der Waals surface area contributed by atoms with Crippen LogP contribution in [0, 0.1) is 12.8 Å². The Labute approximate surface area is 97.7 Å². The van der Waals surface area contributed by atoms with Gasteiger partial charge in [-0.3, -0.25) is 0 Å². The number of benzene rings is 1. The molecule has 0 heterocycles. The van der Waals surface area contributed by atoms with Crippen molar-refractivity contribution in [1.29, 1.82) is 0 Å². The van der Waals surface area contributed by atoms with Crippen LogP contribution in [0.5, 0.6) is 0 Å². The summed E-state index contributed by atoms with van der Waals surface area (Å²) in [6, 6.07) is 6.71. The molecule has 0 bridgehead atoms. The Kier molecular flexibility index (Phi) is 1.78. The highest BCUT2D eigenvalue weighted by atomic mass is 14.4. The number of hydrogen-bond acceptors (Lipinski definition) is 0. The second-order valence-corrected chi connectivity index (χ2v) is 5.60. The van der Waals surface area contributed by atoms with E-state index in [1.165, 1.54) is 22.3 Å². The van der Waals surface area contributed by atoms with Crippen LogP contribution in [0.25, 0.3) is 5.57 Å². The second-order valence-electron chi connectivity index (χ2n) is 5.60. The highest BCUT2D eigenvalue weighted by Gasteiger charge is 2.40. The summed E-state index contributed by atoms with van der Waals surface area (Å²) in [5.74, 6) is 0.581. The van der Waals surface area contributed by atoms with E-state index in [4.69, 9.17) is 0 Å². The van der Waals surface area contributed by atoms with Gasteiger partial charge in [-0.15, -0.1) is 0 Å². The molecule has 0 amide bonds. The van der Waals surface area contributed by atoms with E-state index in [-0.39, 0.29) is 5.41 Å². The third-order valence-corrected chi connectivity index (χ3v) is 4.16. The summed E-state index contributed by atoms with van der Waals surface area (Å²) in [6.07, 6.45) is 4.66. The van der Waals surface area contributed by atoms with Crippen LogP contribution in [-0.2, 0) is 5.41 Å². The maximum Gasteiger partial charge on any atom is 0.0158 e. The molecule has 0 aromatic heterocycles. The van der Waals surface area contributed by atoms with Crippen molar-refractivity contribution in [3.05, 3.63) is 52.6 Å². The standard InChI is InChI=1S/C16H18/c1-10-8-9-13-14(10)12-7-5-6-11(2)15(12)16(13,3)4/h5-10H,1-4H3. The molecule has 0 radical (unpaired) electrons. The fourth-order valence-corrected chi connectivity index (χ4v) is 3.46. The van der Waals surface area contributed by atoms with Crippen LogP contribution in [0.2, 0.25) is 0 Å². The van der Waals surface area contributed by atoms with Gasteiger partial charge >= 0.3 is 0 Å². The molecular weight excluding hydrogens is 192 g/mol. The molecule has 0 nitrogen and oxygen atoms in total. The first-order valence-electron chi connectivity index (χ1n) is 6.07. The summed E-state index contributed by atoms with van der Waals surface area (Å²) in [4.78, 5) is 0. The molecule has 82 valence electrons. The third-order valence-electron chi connectivity index (χ3n) is 4.16. The Morgan fingerprint density at radius 1 is 1.19 bits per heavy atom. The van der Waals surface area contributed by atoms with Crippen molar-refractivity contribution in [2.24, 2.45) is 5.92 Å². The average molecular weight is 210 g/mol. The van der Waals surface area contributed by atoms with Gasteiger partial charge in [-0.1, -0.05) is 51.1 Å². The van der Waals surface area contributed by atoms with E-state index >= 15 is 0 Å². The Bertz CT molecular complexity index is 527. The Balaban J connectivity index is 2.35. The summed E-state index contributed by atoms with van der Waals surface area (Å²) in [7, 11) is 0. The average Bonchev–Trinajstić information content (AvgIpc) is 2.68. The quantitative estimate of drug-likeness (QED) is 0.600. The minimum atomic E-state index is 0.192. The van der Waals surface area contributed by atoms with E-state index < -0.39 is 0 Å². The molecule has 0 fully saturated rings. The van der Waals surface area contributed by atoms with Crippen molar-refractivity contribution in [3.8, 4) is 0 Å². The van der Waals surface area contributed by atoms with Gasteiger partial charge in [-0.2, -0.15) is 0 Å². The predicted molar refractivity (Wildman–Crippen MR) is 69.4 cm³/mol. The highest BCUT2D eigenvalue weighted by molar-refractivity contribution is 5.87. The third kappa shape index (κ3) is 1.000. The van der Waals surface area contributed by atoms with E-state index in [9.17, 15) is 0 Å². The molecule has 0 spiro atoms. The van der Waals surface area contributed by atoms with Crippen LogP contribution < -0.4 is 0 Å². The lowest BCUT2D eigenvalue weighted by Crippen LogP contribution is -2.17. The first kappa shape index (κ1) is 9.89. The number of allylic oxidation sites excluding steroid dienone is 4. The molecule has 16 heavy (non-hydrogen) atoms. The van der Waals surface area contributed by atoms with E-state index in [0.717, 1.165) is 0 Å². The molecule has 1 aromatic rings. The van der Waals surface area contributed by atoms with Crippen molar-refractivity contribution in [3.63, 3.8) is 0 Å². The Morgan fingerprint density at radius 2 is 1.94 bits per heavy atom. The molecule has 0 N–H and O–H groups in total. The molecule has 0 saturated heterocycles. The molecular formula is C16H18. The van der Waals surface area contributed by atoms with Crippen LogP contribution in [0.15, 0.2) is 35.9 Å². The summed E-state index contributed by atoms with van der Waals surface area (Å²) in [5, 5.41) is 0. The fourth-order valence-electron chi connectivity index (χ4n) is 3.46. The molecule has 2 aliphatic rings. The molecule has 2 aliphatic carbocycles. The Hall–Kier alpha value is -1.30. The SMILES string of the molecule is Cc1cccc2c1C(C)(C)C1=C2C(C)C=C1. The van der Waals surface area contributed by atoms with Crippen molar-refractivity contribution in [2.45, 2.75) is 33.1 Å². The highest BCUT2D eigenvalue weighted by Crippen LogP contribution is 2.53. The van der Waals surface area contributed by atoms with E-state index in [0.29, 0.717) is 5.92 Å². The molecule has 1 atom stereocenters. The number of fused-ring (bicyclic) bond motifs is 2. The minimum Gasteiger partial charge on any atom is -0.0769 e. The largest absolute Gasteiger partial charge is 0.0769 e. The minimum absolute atomic E-state index is 0.192. The molecule has 0 aliphatic heterocycles. The molecule has 1 aromatic carbocycles. The summed E-state index contributed by atoms with van der Waals surface area (Å²) in [5.41, 5.74) is 7.73. The summed E-state index contributed by atoms with van der Waals surface area (Å²) in [6.45, 7) is 9.23. The zero-order valence-electron chi connectivity index (χ0n) is 10.5. The van der Waals surface area contributed by atoms with Crippen LogP contribution in [0.4, 0.5) is 0 Å². The lowest BCUT2D eigenvalue weighted by Gasteiger charge is -2.24. The van der Waals surface area contributed by atoms with Gasteiger partial charge in [0.2, 0.25) is 0 Å². The van der Waals surface area contributed by atoms with Gasteiger partial charge in [-0.05, 0) is 34.8 Å². The normalized spacial score (nSPS) is 24.9. The zero-order chi connectivity index (χ0) is 11.5. The molecule has 3 rings (SSSR count). The molecule has 0 saturated carbocycles. The van der Waals surface area contributed by atoms with Crippen molar-refractivity contribution in [2.75, 3.05) is 0 Å². The van der Waals surface area contributed by atoms with E-state index in [2.05, 4.69) is 58.0 Å². The van der Waals surface area contributed by atoms with Gasteiger partial charge in [0, 0.05) is 11.3 Å². The second kappa shape index (κ2) is 2.88. The number of aryl methyl sites for hydroxylation is 1. The van der Waals surface area contributed by atoms with Crippen molar-refractivity contribution in [1.82, 2.24) is 0 Å². The summed E-state index contributed by atoms with van der Waals surface area (Å²) < 4.78 is 0. The monoisotopic (exact) mass is 210 g/mol. The molecule has 1 unspecified atom stereocenters. The van der Waals surface area contributed by atoms with Gasteiger partial charge in [0.05, 0.1) is 0 Å². The number of hydrogen-bond donors (Lipinski definition) is 0. The number of rotatable bonds is 0.